The van der Waals surface area contributed by atoms with Crippen molar-refractivity contribution in [2.75, 3.05) is 5.32 Å². The number of aromatic nitrogens is 1. The van der Waals surface area contributed by atoms with Crippen LogP contribution in [0, 0.1) is 5.41 Å². The molecule has 0 unspecified atom stereocenters. The first-order valence-corrected chi connectivity index (χ1v) is 9.87. The molecular formula is C21H22N2OS. The van der Waals surface area contributed by atoms with Crippen LogP contribution in [0.2, 0.25) is 0 Å². The molecule has 3 aromatic rings. The lowest BCUT2D eigenvalue weighted by Gasteiger charge is -2.35. The molecule has 1 saturated carbocycles. The van der Waals surface area contributed by atoms with Gasteiger partial charge in [0.1, 0.15) is 0 Å². The molecule has 1 fully saturated rings. The van der Waals surface area contributed by atoms with E-state index in [1.807, 2.05) is 30.3 Å². The Labute approximate surface area is 152 Å². The number of nitrogens with one attached hydrogen (secondary N) is 1. The molecule has 0 aliphatic heterocycles. The van der Waals surface area contributed by atoms with Gasteiger partial charge in [0, 0.05) is 5.39 Å². The first kappa shape index (κ1) is 16.3. The van der Waals surface area contributed by atoms with Gasteiger partial charge in [0.15, 0.2) is 0 Å². The number of fused-ring (bicyclic) bond motifs is 1. The Morgan fingerprint density at radius 3 is 2.80 bits per heavy atom. The Bertz CT molecular complexity index is 866. The summed E-state index contributed by atoms with van der Waals surface area (Å²) >= 11 is 1.70. The summed E-state index contributed by atoms with van der Waals surface area (Å²) in [5.41, 5.74) is 2.73. The molecule has 0 bridgehead atoms. The van der Waals surface area contributed by atoms with Crippen molar-refractivity contribution >= 4 is 33.8 Å². The quantitative estimate of drug-likeness (QED) is 0.682. The number of hydrogen-bond acceptors (Lipinski definition) is 3. The highest BCUT2D eigenvalue weighted by Crippen LogP contribution is 2.40. The molecule has 1 N–H and O–H groups in total. The first-order chi connectivity index (χ1) is 12.3. The minimum atomic E-state index is -0.287. The van der Waals surface area contributed by atoms with E-state index in [-0.39, 0.29) is 11.3 Å². The van der Waals surface area contributed by atoms with Crippen LogP contribution in [0.5, 0.6) is 0 Å². The molecule has 2 heterocycles. The summed E-state index contributed by atoms with van der Waals surface area (Å²) in [6.07, 6.45) is 8.04. The number of carbonyl (C=O) groups excluding carboxylic acids is 1. The van der Waals surface area contributed by atoms with Gasteiger partial charge in [0.05, 0.1) is 22.8 Å². The van der Waals surface area contributed by atoms with Crippen molar-refractivity contribution in [3.8, 4) is 0 Å². The number of rotatable bonds is 4. The molecule has 128 valence electrons. The maximum absolute atomic E-state index is 13.2. The number of thiophene rings is 1. The van der Waals surface area contributed by atoms with Crippen LogP contribution < -0.4 is 5.32 Å². The fourth-order valence-corrected chi connectivity index (χ4v) is 4.57. The van der Waals surface area contributed by atoms with Crippen LogP contribution in [0.4, 0.5) is 5.69 Å². The summed E-state index contributed by atoms with van der Waals surface area (Å²) in [5, 5.41) is 8.47. The van der Waals surface area contributed by atoms with E-state index in [1.54, 1.807) is 17.5 Å². The van der Waals surface area contributed by atoms with E-state index in [1.165, 1.54) is 12.0 Å². The maximum atomic E-state index is 13.2. The average Bonchev–Trinajstić information content (AvgIpc) is 3.15. The number of para-hydroxylation sites is 1. The van der Waals surface area contributed by atoms with Crippen molar-refractivity contribution in [1.82, 2.24) is 4.98 Å². The Balaban J connectivity index is 1.59. The maximum Gasteiger partial charge on any atom is 0.230 e. The minimum Gasteiger partial charge on any atom is -0.324 e. The third-order valence-electron chi connectivity index (χ3n) is 5.26. The van der Waals surface area contributed by atoms with Gasteiger partial charge < -0.3 is 5.32 Å². The van der Waals surface area contributed by atoms with Gasteiger partial charge in [-0.3, -0.25) is 9.78 Å². The lowest BCUT2D eigenvalue weighted by atomic mass is 9.70. The van der Waals surface area contributed by atoms with Gasteiger partial charge in [-0.2, -0.15) is 11.3 Å². The smallest absolute Gasteiger partial charge is 0.230 e. The summed E-state index contributed by atoms with van der Waals surface area (Å²) in [6, 6.07) is 12.1. The summed E-state index contributed by atoms with van der Waals surface area (Å²) in [5.74, 6) is 0.149. The van der Waals surface area contributed by atoms with Gasteiger partial charge in [-0.25, -0.2) is 0 Å². The van der Waals surface area contributed by atoms with E-state index in [2.05, 4.69) is 27.1 Å². The third kappa shape index (κ3) is 3.45. The van der Waals surface area contributed by atoms with Gasteiger partial charge in [-0.05, 0) is 53.8 Å². The van der Waals surface area contributed by atoms with Crippen LogP contribution in [0.1, 0.15) is 37.7 Å². The second-order valence-corrected chi connectivity index (χ2v) is 7.80. The van der Waals surface area contributed by atoms with Crippen molar-refractivity contribution in [3.05, 3.63) is 58.9 Å². The summed E-state index contributed by atoms with van der Waals surface area (Å²) < 4.78 is 0. The second-order valence-electron chi connectivity index (χ2n) is 7.02. The highest BCUT2D eigenvalue weighted by Gasteiger charge is 2.39. The molecule has 25 heavy (non-hydrogen) atoms. The first-order valence-electron chi connectivity index (χ1n) is 8.93. The Morgan fingerprint density at radius 2 is 2.00 bits per heavy atom. The Hall–Kier alpha value is -2.20. The van der Waals surface area contributed by atoms with E-state index in [0.29, 0.717) is 0 Å². The predicted molar refractivity (Wildman–Crippen MR) is 104 cm³/mol. The van der Waals surface area contributed by atoms with E-state index in [0.717, 1.165) is 48.7 Å². The summed E-state index contributed by atoms with van der Waals surface area (Å²) in [4.78, 5) is 17.7. The molecule has 3 nitrogen and oxygen atoms in total. The van der Waals surface area contributed by atoms with Crippen LogP contribution >= 0.6 is 11.3 Å². The van der Waals surface area contributed by atoms with Crippen LogP contribution in [-0.2, 0) is 11.2 Å². The molecule has 1 aliphatic carbocycles. The number of amides is 1. The Morgan fingerprint density at radius 1 is 1.16 bits per heavy atom. The topological polar surface area (TPSA) is 42.0 Å². The van der Waals surface area contributed by atoms with Gasteiger partial charge in [-0.1, -0.05) is 37.5 Å². The highest BCUT2D eigenvalue weighted by atomic mass is 32.1. The number of hydrogen-bond donors (Lipinski definition) is 1. The molecule has 2 aromatic heterocycles. The molecule has 1 aliphatic rings. The highest BCUT2D eigenvalue weighted by molar-refractivity contribution is 7.07. The monoisotopic (exact) mass is 350 g/mol. The molecule has 4 rings (SSSR count). The molecule has 0 radical (unpaired) electrons. The molecular weight excluding hydrogens is 328 g/mol. The number of carbonyl (C=O) groups is 1. The van der Waals surface area contributed by atoms with Crippen LogP contribution in [0.3, 0.4) is 0 Å². The molecule has 1 amide bonds. The van der Waals surface area contributed by atoms with E-state index >= 15 is 0 Å². The molecule has 1 aromatic carbocycles. The second kappa shape index (κ2) is 6.96. The summed E-state index contributed by atoms with van der Waals surface area (Å²) in [6.45, 7) is 0. The zero-order chi connectivity index (χ0) is 17.1. The third-order valence-corrected chi connectivity index (χ3v) is 6.00. The minimum absolute atomic E-state index is 0.149. The van der Waals surface area contributed by atoms with Crippen LogP contribution in [0.25, 0.3) is 10.9 Å². The van der Waals surface area contributed by atoms with Crippen LogP contribution in [0.15, 0.2) is 53.4 Å². The Kier molecular flexibility index (Phi) is 4.53. The lowest BCUT2D eigenvalue weighted by Crippen LogP contribution is -2.39. The predicted octanol–water partition coefficient (Wildman–Crippen LogP) is 5.43. The molecule has 0 spiro atoms. The fourth-order valence-electron chi connectivity index (χ4n) is 3.90. The molecule has 0 atom stereocenters. The normalized spacial score (nSPS) is 16.6. The SMILES string of the molecule is O=C(Nc1cnc2ccccc2c1)C1(Cc2ccsc2)CCCCC1. The number of benzene rings is 1. The molecule has 0 saturated heterocycles. The van der Waals surface area contributed by atoms with Crippen molar-refractivity contribution < 1.29 is 4.79 Å². The standard InChI is InChI=1S/C21H22N2OS/c24-20(23-18-12-17-6-2-3-7-19(17)22-14-18)21(9-4-1-5-10-21)13-16-8-11-25-15-16/h2-3,6-8,11-12,14-15H,1,4-5,9-10,13H2,(H,23,24). The zero-order valence-electron chi connectivity index (χ0n) is 14.2. The lowest BCUT2D eigenvalue weighted by molar-refractivity contribution is -0.127. The van der Waals surface area contributed by atoms with Crippen molar-refractivity contribution in [1.29, 1.82) is 0 Å². The summed E-state index contributed by atoms with van der Waals surface area (Å²) in [7, 11) is 0. The molecule has 4 heteroatoms. The van der Waals surface area contributed by atoms with Gasteiger partial charge in [0.25, 0.3) is 0 Å². The number of nitrogens with zero attached hydrogens (tertiary/aromatic N) is 1. The van der Waals surface area contributed by atoms with Crippen LogP contribution in [-0.4, -0.2) is 10.9 Å². The van der Waals surface area contributed by atoms with Crippen molar-refractivity contribution in [3.63, 3.8) is 0 Å². The van der Waals surface area contributed by atoms with Gasteiger partial charge in [0.2, 0.25) is 5.91 Å². The average molecular weight is 350 g/mol. The zero-order valence-corrected chi connectivity index (χ0v) is 15.0. The largest absolute Gasteiger partial charge is 0.324 e. The number of anilines is 1. The van der Waals surface area contributed by atoms with Crippen molar-refractivity contribution in [2.45, 2.75) is 38.5 Å². The van der Waals surface area contributed by atoms with Gasteiger partial charge >= 0.3 is 0 Å². The fraction of sp³-hybridized carbons (Fsp3) is 0.333. The van der Waals surface area contributed by atoms with Crippen molar-refractivity contribution in [2.24, 2.45) is 5.41 Å². The number of pyridine rings is 1. The van der Waals surface area contributed by atoms with E-state index in [4.69, 9.17) is 0 Å². The van der Waals surface area contributed by atoms with E-state index in [9.17, 15) is 4.79 Å². The van der Waals surface area contributed by atoms with Gasteiger partial charge in [-0.15, -0.1) is 0 Å². The van der Waals surface area contributed by atoms with E-state index < -0.39 is 0 Å².